The zero-order valence-electron chi connectivity index (χ0n) is 16.6. The summed E-state index contributed by atoms with van der Waals surface area (Å²) in [5.41, 5.74) is 2.16. The van der Waals surface area contributed by atoms with Gasteiger partial charge in [0.15, 0.2) is 11.6 Å². The molecule has 3 heterocycles. The predicted molar refractivity (Wildman–Crippen MR) is 108 cm³/mol. The van der Waals surface area contributed by atoms with Gasteiger partial charge in [0.05, 0.1) is 12.6 Å². The maximum Gasteiger partial charge on any atom is 0.288 e. The maximum absolute atomic E-state index is 14.9. The third-order valence-corrected chi connectivity index (χ3v) is 6.35. The summed E-state index contributed by atoms with van der Waals surface area (Å²) in [5.74, 6) is -1.63. The van der Waals surface area contributed by atoms with Crippen LogP contribution in [-0.4, -0.2) is 54.6 Å². The van der Waals surface area contributed by atoms with Crippen molar-refractivity contribution in [3.8, 4) is 0 Å². The van der Waals surface area contributed by atoms with Gasteiger partial charge in [-0.3, -0.25) is 0 Å². The smallest absolute Gasteiger partial charge is 0.288 e. The van der Waals surface area contributed by atoms with E-state index in [2.05, 4.69) is 18.0 Å². The molecule has 1 fully saturated rings. The summed E-state index contributed by atoms with van der Waals surface area (Å²) < 4.78 is 35.4. The van der Waals surface area contributed by atoms with E-state index in [1.54, 1.807) is 12.1 Å². The number of hydrogen-bond acceptors (Lipinski definition) is 4. The van der Waals surface area contributed by atoms with Crippen LogP contribution in [0.4, 0.5) is 8.78 Å². The molecule has 1 spiro atoms. The first-order valence-corrected chi connectivity index (χ1v) is 10.3. The highest BCUT2D eigenvalue weighted by molar-refractivity contribution is 5.78. The predicted octanol–water partition coefficient (Wildman–Crippen LogP) is 3.76. The Kier molecular flexibility index (Phi) is 4.54. The Balaban J connectivity index is 1.53. The van der Waals surface area contributed by atoms with Gasteiger partial charge in [0.25, 0.3) is 6.02 Å². The van der Waals surface area contributed by atoms with Crippen molar-refractivity contribution >= 4 is 6.02 Å². The number of likely N-dealkylation sites (tertiary alicyclic amines) is 1. The molecule has 4 nitrogen and oxygen atoms in total. The Hall–Kier alpha value is -2.47. The van der Waals surface area contributed by atoms with E-state index >= 15 is 0 Å². The molecule has 0 aliphatic carbocycles. The minimum Gasteiger partial charge on any atom is -0.455 e. The number of aliphatic imine (C=N–C) groups is 1. The Morgan fingerprint density at radius 2 is 1.90 bits per heavy atom. The lowest BCUT2D eigenvalue weighted by Gasteiger charge is -2.41. The molecule has 2 atom stereocenters. The van der Waals surface area contributed by atoms with Crippen LogP contribution in [0.15, 0.2) is 47.5 Å². The highest BCUT2D eigenvalue weighted by atomic mass is 19.2. The molecule has 2 aromatic carbocycles. The van der Waals surface area contributed by atoms with Gasteiger partial charge in [-0.1, -0.05) is 36.4 Å². The van der Waals surface area contributed by atoms with Crippen molar-refractivity contribution in [1.29, 1.82) is 0 Å². The molecule has 1 unspecified atom stereocenters. The fraction of sp³-hybridized carbons (Fsp3) is 0.435. The molecular weight excluding hydrogens is 372 g/mol. The summed E-state index contributed by atoms with van der Waals surface area (Å²) in [5, 5.41) is 0. The summed E-state index contributed by atoms with van der Waals surface area (Å²) in [7, 11) is 2.10. The molecule has 2 aromatic rings. The highest BCUT2D eigenvalue weighted by Gasteiger charge is 2.44. The van der Waals surface area contributed by atoms with Crippen molar-refractivity contribution in [3.05, 3.63) is 70.8 Å². The van der Waals surface area contributed by atoms with Crippen molar-refractivity contribution in [2.24, 2.45) is 4.99 Å². The maximum atomic E-state index is 14.9. The van der Waals surface area contributed by atoms with E-state index in [-0.39, 0.29) is 5.60 Å². The van der Waals surface area contributed by atoms with Crippen molar-refractivity contribution in [2.45, 2.75) is 30.9 Å². The Labute approximate surface area is 169 Å². The summed E-state index contributed by atoms with van der Waals surface area (Å²) in [6.45, 7) is 3.17. The standard InChI is InChI=1S/C23H25F2N3O/c1-27-12-5-11-23(15-27)14-26-22(29-23)28-13-10-16-6-2-3-7-17(16)21(28)18-8-4-9-19(24)20(18)25/h2-4,6-9,21H,5,10-15H2,1H3/t21-,23?/m1/s1. The van der Waals surface area contributed by atoms with E-state index in [1.165, 1.54) is 0 Å². The number of amidine groups is 1. The first-order valence-electron chi connectivity index (χ1n) is 10.3. The Morgan fingerprint density at radius 3 is 2.76 bits per heavy atom. The minimum atomic E-state index is -0.829. The number of hydrogen-bond donors (Lipinski definition) is 0. The molecule has 0 N–H and O–H groups in total. The van der Waals surface area contributed by atoms with Crippen LogP contribution in [0.1, 0.15) is 35.6 Å². The first kappa shape index (κ1) is 18.6. The van der Waals surface area contributed by atoms with Crippen molar-refractivity contribution in [2.75, 3.05) is 33.2 Å². The van der Waals surface area contributed by atoms with Gasteiger partial charge in [-0.15, -0.1) is 0 Å². The number of piperidine rings is 1. The van der Waals surface area contributed by atoms with Gasteiger partial charge in [0.1, 0.15) is 5.60 Å². The van der Waals surface area contributed by atoms with Gasteiger partial charge < -0.3 is 14.5 Å². The average molecular weight is 397 g/mol. The fourth-order valence-electron chi connectivity index (χ4n) is 4.99. The van der Waals surface area contributed by atoms with Gasteiger partial charge in [0, 0.05) is 18.7 Å². The fourth-order valence-corrected chi connectivity index (χ4v) is 4.99. The van der Waals surface area contributed by atoms with Crippen LogP contribution in [0.2, 0.25) is 0 Å². The quantitative estimate of drug-likeness (QED) is 0.734. The third-order valence-electron chi connectivity index (χ3n) is 6.35. The zero-order valence-corrected chi connectivity index (χ0v) is 16.6. The largest absolute Gasteiger partial charge is 0.455 e. The van der Waals surface area contributed by atoms with E-state index in [4.69, 9.17) is 9.73 Å². The molecule has 152 valence electrons. The molecule has 0 bridgehead atoms. The normalized spacial score (nSPS) is 26.9. The Morgan fingerprint density at radius 1 is 1.07 bits per heavy atom. The minimum absolute atomic E-state index is 0.301. The molecule has 5 rings (SSSR count). The lowest BCUT2D eigenvalue weighted by Crippen LogP contribution is -2.51. The molecule has 0 radical (unpaired) electrons. The van der Waals surface area contributed by atoms with Crippen molar-refractivity contribution in [1.82, 2.24) is 9.80 Å². The van der Waals surface area contributed by atoms with E-state index in [0.29, 0.717) is 24.7 Å². The molecule has 3 aliphatic rings. The van der Waals surface area contributed by atoms with Gasteiger partial charge in [-0.25, -0.2) is 13.8 Å². The number of benzene rings is 2. The Bertz CT molecular complexity index is 963. The van der Waals surface area contributed by atoms with E-state index in [1.807, 2.05) is 23.1 Å². The van der Waals surface area contributed by atoms with E-state index < -0.39 is 17.7 Å². The molecule has 6 heteroatoms. The van der Waals surface area contributed by atoms with Gasteiger partial charge in [-0.2, -0.15) is 0 Å². The lowest BCUT2D eigenvalue weighted by molar-refractivity contribution is 0.000177. The van der Waals surface area contributed by atoms with E-state index in [9.17, 15) is 8.78 Å². The highest BCUT2D eigenvalue weighted by Crippen LogP contribution is 2.39. The molecular formula is C23H25F2N3O. The number of fused-ring (bicyclic) bond motifs is 1. The van der Waals surface area contributed by atoms with Crippen LogP contribution in [0.25, 0.3) is 0 Å². The molecule has 29 heavy (non-hydrogen) atoms. The SMILES string of the molecule is CN1CCCC2(CN=C(N3CCc4ccccc4[C@@H]3c3cccc(F)c3F)O2)C1. The first-order chi connectivity index (χ1) is 14.1. The summed E-state index contributed by atoms with van der Waals surface area (Å²) in [4.78, 5) is 9.04. The van der Waals surface area contributed by atoms with Crippen molar-refractivity contribution < 1.29 is 13.5 Å². The molecule has 0 amide bonds. The number of rotatable bonds is 1. The van der Waals surface area contributed by atoms with Crippen LogP contribution in [0.3, 0.4) is 0 Å². The average Bonchev–Trinajstić information content (AvgIpc) is 3.12. The second-order valence-corrected chi connectivity index (χ2v) is 8.41. The van der Waals surface area contributed by atoms with Gasteiger partial charge in [0.2, 0.25) is 0 Å². The van der Waals surface area contributed by atoms with Crippen LogP contribution in [0, 0.1) is 11.6 Å². The number of halogens is 2. The number of ether oxygens (including phenoxy) is 1. The summed E-state index contributed by atoms with van der Waals surface area (Å²) in [6, 6.07) is 12.5. The van der Waals surface area contributed by atoms with E-state index in [0.717, 1.165) is 49.5 Å². The lowest BCUT2D eigenvalue weighted by atomic mass is 9.88. The monoisotopic (exact) mass is 397 g/mol. The van der Waals surface area contributed by atoms with Crippen molar-refractivity contribution in [3.63, 3.8) is 0 Å². The summed E-state index contributed by atoms with van der Waals surface area (Å²) in [6.07, 6.45) is 2.86. The van der Waals surface area contributed by atoms with Gasteiger partial charge >= 0.3 is 0 Å². The van der Waals surface area contributed by atoms with Crippen LogP contribution in [-0.2, 0) is 11.2 Å². The van der Waals surface area contributed by atoms with Crippen LogP contribution >= 0.6 is 0 Å². The van der Waals surface area contributed by atoms with Crippen LogP contribution in [0.5, 0.6) is 0 Å². The molecule has 3 aliphatic heterocycles. The third kappa shape index (κ3) is 3.19. The number of likely N-dealkylation sites (N-methyl/N-ethyl adjacent to an activating group) is 1. The number of nitrogens with zero attached hydrogens (tertiary/aromatic N) is 3. The van der Waals surface area contributed by atoms with Crippen LogP contribution < -0.4 is 0 Å². The summed E-state index contributed by atoms with van der Waals surface area (Å²) >= 11 is 0. The topological polar surface area (TPSA) is 28.1 Å². The second kappa shape index (κ2) is 7.10. The zero-order chi connectivity index (χ0) is 20.0. The molecule has 0 saturated carbocycles. The second-order valence-electron chi connectivity index (χ2n) is 8.41. The van der Waals surface area contributed by atoms with Gasteiger partial charge in [-0.05, 0) is 50.0 Å². The molecule has 1 saturated heterocycles. The molecule has 0 aromatic heterocycles.